The number of aliphatic hydroxyl groups is 1. The average molecular weight is 236 g/mol. The van der Waals surface area contributed by atoms with Gasteiger partial charge in [-0.3, -0.25) is 0 Å². The Balaban J connectivity index is 2.42. The molecule has 0 aliphatic carbocycles. The van der Waals surface area contributed by atoms with Gasteiger partial charge in [0.1, 0.15) is 5.75 Å². The Kier molecular flexibility index (Phi) is 2.92. The van der Waals surface area contributed by atoms with Crippen LogP contribution in [0.3, 0.4) is 0 Å². The molecule has 1 aromatic rings. The molecule has 3 nitrogen and oxygen atoms in total. The van der Waals surface area contributed by atoms with Crippen molar-refractivity contribution in [2.24, 2.45) is 0 Å². The van der Waals surface area contributed by atoms with E-state index in [1.807, 2.05) is 32.9 Å². The van der Waals surface area contributed by atoms with Crippen molar-refractivity contribution in [2.45, 2.75) is 31.8 Å². The van der Waals surface area contributed by atoms with E-state index in [9.17, 15) is 5.11 Å². The van der Waals surface area contributed by atoms with E-state index in [0.717, 1.165) is 16.9 Å². The molecule has 1 aliphatic rings. The smallest absolute Gasteiger partial charge is 0.121 e. The van der Waals surface area contributed by atoms with E-state index < -0.39 is 5.60 Å². The molecule has 1 aliphatic heterocycles. The number of benzene rings is 1. The van der Waals surface area contributed by atoms with Gasteiger partial charge >= 0.3 is 0 Å². The molecular formula is C14H20O3. The lowest BCUT2D eigenvalue weighted by Gasteiger charge is -2.50. The van der Waals surface area contributed by atoms with Crippen molar-refractivity contribution in [2.75, 3.05) is 20.3 Å². The largest absolute Gasteiger partial charge is 0.496 e. The fraction of sp³-hybridized carbons (Fsp3) is 0.571. The second-order valence-corrected chi connectivity index (χ2v) is 5.32. The summed E-state index contributed by atoms with van der Waals surface area (Å²) in [6, 6.07) is 6.06. The van der Waals surface area contributed by atoms with E-state index in [1.54, 1.807) is 7.11 Å². The predicted molar refractivity (Wildman–Crippen MR) is 66.5 cm³/mol. The molecule has 3 heteroatoms. The third-order valence-corrected chi connectivity index (χ3v) is 3.82. The highest BCUT2D eigenvalue weighted by Gasteiger charge is 2.51. The molecule has 17 heavy (non-hydrogen) atoms. The monoisotopic (exact) mass is 236 g/mol. The van der Waals surface area contributed by atoms with Crippen LogP contribution in [0.25, 0.3) is 0 Å². The number of ether oxygens (including phenoxy) is 2. The molecular weight excluding hydrogens is 216 g/mol. The van der Waals surface area contributed by atoms with Gasteiger partial charge in [-0.1, -0.05) is 12.1 Å². The quantitative estimate of drug-likeness (QED) is 0.873. The Labute approximate surface area is 102 Å². The maximum absolute atomic E-state index is 10.3. The van der Waals surface area contributed by atoms with Crippen LogP contribution in [0.4, 0.5) is 0 Å². The van der Waals surface area contributed by atoms with Gasteiger partial charge in [-0.25, -0.2) is 0 Å². The second kappa shape index (κ2) is 4.00. The van der Waals surface area contributed by atoms with Crippen molar-refractivity contribution in [1.29, 1.82) is 0 Å². The summed E-state index contributed by atoms with van der Waals surface area (Å²) in [5.74, 6) is 0.875. The Bertz CT molecular complexity index is 414. The first-order chi connectivity index (χ1) is 7.90. The van der Waals surface area contributed by atoms with Gasteiger partial charge in [-0.2, -0.15) is 0 Å². The molecule has 0 spiro atoms. The van der Waals surface area contributed by atoms with Gasteiger partial charge in [0.25, 0.3) is 0 Å². The average Bonchev–Trinajstić information content (AvgIpc) is 2.13. The third kappa shape index (κ3) is 1.83. The van der Waals surface area contributed by atoms with Gasteiger partial charge in [0.15, 0.2) is 0 Å². The molecule has 0 bridgehead atoms. The number of rotatable bonds is 3. The minimum absolute atomic E-state index is 0.288. The number of hydrogen-bond acceptors (Lipinski definition) is 3. The minimum atomic E-state index is -0.785. The van der Waals surface area contributed by atoms with Crippen molar-refractivity contribution >= 4 is 0 Å². The molecule has 0 radical (unpaired) electrons. The summed E-state index contributed by atoms with van der Waals surface area (Å²) in [6.07, 6.45) is 0. The van der Waals surface area contributed by atoms with Gasteiger partial charge in [0.05, 0.1) is 31.3 Å². The summed E-state index contributed by atoms with van der Waals surface area (Å²) >= 11 is 0. The molecule has 1 heterocycles. The number of aryl methyl sites for hydroxylation is 1. The van der Waals surface area contributed by atoms with E-state index >= 15 is 0 Å². The molecule has 1 fully saturated rings. The molecule has 0 saturated carbocycles. The van der Waals surface area contributed by atoms with Crippen LogP contribution in [0.15, 0.2) is 18.2 Å². The number of methoxy groups -OCH3 is 1. The van der Waals surface area contributed by atoms with Crippen LogP contribution in [0.5, 0.6) is 5.75 Å². The Morgan fingerprint density at radius 1 is 1.35 bits per heavy atom. The lowest BCUT2D eigenvalue weighted by atomic mass is 9.67. The Hall–Kier alpha value is -1.06. The zero-order chi connectivity index (χ0) is 12.7. The standard InChI is InChI=1S/C14H20O3/c1-10-7-11(5-6-12(10)16-4)14(8-17-9-14)13(2,3)15/h5-7,15H,8-9H2,1-4H3. The summed E-state index contributed by atoms with van der Waals surface area (Å²) < 4.78 is 10.6. The van der Waals surface area contributed by atoms with Crippen molar-refractivity contribution < 1.29 is 14.6 Å². The lowest BCUT2D eigenvalue weighted by molar-refractivity contribution is -0.157. The molecule has 1 N–H and O–H groups in total. The highest BCUT2D eigenvalue weighted by molar-refractivity contribution is 5.42. The molecule has 0 unspecified atom stereocenters. The zero-order valence-corrected chi connectivity index (χ0v) is 10.9. The van der Waals surface area contributed by atoms with E-state index in [-0.39, 0.29) is 5.41 Å². The van der Waals surface area contributed by atoms with Crippen LogP contribution in [0.1, 0.15) is 25.0 Å². The van der Waals surface area contributed by atoms with Crippen LogP contribution >= 0.6 is 0 Å². The highest BCUT2D eigenvalue weighted by Crippen LogP contribution is 2.42. The van der Waals surface area contributed by atoms with Crippen LogP contribution in [-0.2, 0) is 10.2 Å². The summed E-state index contributed by atoms with van der Waals surface area (Å²) in [5.41, 5.74) is 1.13. The number of hydrogen-bond donors (Lipinski definition) is 1. The van der Waals surface area contributed by atoms with Crippen molar-refractivity contribution in [1.82, 2.24) is 0 Å². The van der Waals surface area contributed by atoms with E-state index in [4.69, 9.17) is 9.47 Å². The van der Waals surface area contributed by atoms with Gasteiger partial charge in [-0.05, 0) is 38.0 Å². The van der Waals surface area contributed by atoms with Crippen molar-refractivity contribution in [3.05, 3.63) is 29.3 Å². The molecule has 1 aromatic carbocycles. The van der Waals surface area contributed by atoms with Crippen LogP contribution in [0, 0.1) is 6.92 Å². The molecule has 2 rings (SSSR count). The van der Waals surface area contributed by atoms with Gasteiger partial charge < -0.3 is 14.6 Å². The summed E-state index contributed by atoms with van der Waals surface area (Å²) in [4.78, 5) is 0. The Morgan fingerprint density at radius 2 is 2.00 bits per heavy atom. The maximum atomic E-state index is 10.3. The second-order valence-electron chi connectivity index (χ2n) is 5.32. The highest BCUT2D eigenvalue weighted by atomic mass is 16.5. The van der Waals surface area contributed by atoms with E-state index in [0.29, 0.717) is 13.2 Å². The molecule has 0 aromatic heterocycles. The predicted octanol–water partition coefficient (Wildman–Crippen LogP) is 2.04. The zero-order valence-electron chi connectivity index (χ0n) is 10.9. The maximum Gasteiger partial charge on any atom is 0.121 e. The summed E-state index contributed by atoms with van der Waals surface area (Å²) in [6.45, 7) is 6.84. The molecule has 94 valence electrons. The fourth-order valence-electron chi connectivity index (χ4n) is 2.36. The van der Waals surface area contributed by atoms with Gasteiger partial charge in [0.2, 0.25) is 0 Å². The minimum Gasteiger partial charge on any atom is -0.496 e. The fourth-order valence-corrected chi connectivity index (χ4v) is 2.36. The Morgan fingerprint density at radius 3 is 2.35 bits per heavy atom. The van der Waals surface area contributed by atoms with Crippen LogP contribution < -0.4 is 4.74 Å². The van der Waals surface area contributed by atoms with E-state index in [1.165, 1.54) is 0 Å². The van der Waals surface area contributed by atoms with Crippen LogP contribution in [0.2, 0.25) is 0 Å². The normalized spacial score (nSPS) is 18.6. The van der Waals surface area contributed by atoms with Gasteiger partial charge in [0, 0.05) is 0 Å². The first-order valence-corrected chi connectivity index (χ1v) is 5.86. The van der Waals surface area contributed by atoms with E-state index in [2.05, 4.69) is 6.07 Å². The lowest BCUT2D eigenvalue weighted by Crippen LogP contribution is -2.60. The first kappa shape index (κ1) is 12.4. The first-order valence-electron chi connectivity index (χ1n) is 5.86. The van der Waals surface area contributed by atoms with Crippen LogP contribution in [-0.4, -0.2) is 31.0 Å². The third-order valence-electron chi connectivity index (χ3n) is 3.82. The SMILES string of the molecule is COc1ccc(C2(C(C)(C)O)COC2)cc1C. The summed E-state index contributed by atoms with van der Waals surface area (Å²) in [5, 5.41) is 10.3. The summed E-state index contributed by atoms with van der Waals surface area (Å²) in [7, 11) is 1.67. The van der Waals surface area contributed by atoms with Crippen molar-refractivity contribution in [3.63, 3.8) is 0 Å². The molecule has 0 atom stereocenters. The molecule has 0 amide bonds. The van der Waals surface area contributed by atoms with Gasteiger partial charge in [-0.15, -0.1) is 0 Å². The topological polar surface area (TPSA) is 38.7 Å². The van der Waals surface area contributed by atoms with Crippen molar-refractivity contribution in [3.8, 4) is 5.75 Å². The molecule has 1 saturated heterocycles.